The van der Waals surface area contributed by atoms with E-state index in [-0.39, 0.29) is 30.1 Å². The molecule has 1 atom stereocenters. The van der Waals surface area contributed by atoms with Crippen LogP contribution >= 0.6 is 24.0 Å². The van der Waals surface area contributed by atoms with Gasteiger partial charge in [0.1, 0.15) is 5.60 Å². The molecular weight excluding hydrogens is 423 g/mol. The van der Waals surface area contributed by atoms with Gasteiger partial charge in [0.25, 0.3) is 0 Å². The van der Waals surface area contributed by atoms with E-state index in [1.807, 2.05) is 20.8 Å². The van der Waals surface area contributed by atoms with Crippen molar-refractivity contribution in [2.24, 2.45) is 10.9 Å². The Balaban J connectivity index is 0.00000529. The number of methoxy groups -OCH3 is 1. The highest BCUT2D eigenvalue weighted by atomic mass is 127. The monoisotopic (exact) mass is 456 g/mol. The van der Waals surface area contributed by atoms with Gasteiger partial charge in [-0.25, -0.2) is 4.79 Å². The third kappa shape index (κ3) is 9.51. The van der Waals surface area contributed by atoms with Gasteiger partial charge in [-0.05, 0) is 33.6 Å². The van der Waals surface area contributed by atoms with Gasteiger partial charge in [-0.15, -0.1) is 24.0 Å². The van der Waals surface area contributed by atoms with Crippen molar-refractivity contribution in [3.63, 3.8) is 0 Å². The van der Waals surface area contributed by atoms with Crippen LogP contribution < -0.4 is 10.6 Å². The number of rotatable bonds is 6. The van der Waals surface area contributed by atoms with E-state index in [4.69, 9.17) is 9.47 Å². The van der Waals surface area contributed by atoms with Crippen LogP contribution in [0, 0.1) is 5.92 Å². The molecule has 0 radical (unpaired) electrons. The lowest BCUT2D eigenvalue weighted by molar-refractivity contribution is 0.0527. The van der Waals surface area contributed by atoms with Crippen LogP contribution in [0.15, 0.2) is 4.99 Å². The summed E-state index contributed by atoms with van der Waals surface area (Å²) in [6.45, 7) is 9.67. The van der Waals surface area contributed by atoms with Gasteiger partial charge < -0.3 is 25.0 Å². The fourth-order valence-electron chi connectivity index (χ4n) is 2.52. The van der Waals surface area contributed by atoms with Gasteiger partial charge >= 0.3 is 6.09 Å². The van der Waals surface area contributed by atoms with E-state index in [1.54, 1.807) is 14.2 Å². The topological polar surface area (TPSA) is 75.2 Å². The first-order valence-electron chi connectivity index (χ1n) is 8.27. The van der Waals surface area contributed by atoms with E-state index in [9.17, 15) is 4.79 Å². The smallest absolute Gasteiger partial charge is 0.407 e. The second-order valence-electron chi connectivity index (χ2n) is 6.81. The Kier molecular flexibility index (Phi) is 11.4. The van der Waals surface area contributed by atoms with Crippen LogP contribution in [0.4, 0.5) is 4.79 Å². The number of nitrogens with one attached hydrogen (secondary N) is 2. The maximum absolute atomic E-state index is 11.5. The van der Waals surface area contributed by atoms with E-state index in [2.05, 4.69) is 20.5 Å². The van der Waals surface area contributed by atoms with Crippen molar-refractivity contribution in [3.05, 3.63) is 0 Å². The third-order valence-electron chi connectivity index (χ3n) is 3.50. The molecule has 0 bridgehead atoms. The van der Waals surface area contributed by atoms with Crippen molar-refractivity contribution in [2.75, 3.05) is 46.9 Å². The van der Waals surface area contributed by atoms with Crippen molar-refractivity contribution in [2.45, 2.75) is 39.2 Å². The number of alkyl carbamates (subject to hydrolysis) is 1. The molecule has 0 aromatic carbocycles. The second-order valence-corrected chi connectivity index (χ2v) is 6.81. The Morgan fingerprint density at radius 3 is 2.54 bits per heavy atom. The van der Waals surface area contributed by atoms with Gasteiger partial charge in [0.2, 0.25) is 0 Å². The largest absolute Gasteiger partial charge is 0.444 e. The van der Waals surface area contributed by atoms with Crippen LogP contribution in [-0.4, -0.2) is 69.5 Å². The predicted molar refractivity (Wildman–Crippen MR) is 107 cm³/mol. The van der Waals surface area contributed by atoms with Crippen molar-refractivity contribution < 1.29 is 14.3 Å². The molecule has 24 heavy (non-hydrogen) atoms. The number of ether oxygens (including phenoxy) is 2. The molecular formula is C16H33IN4O3. The lowest BCUT2D eigenvalue weighted by Crippen LogP contribution is -2.41. The zero-order chi connectivity index (χ0) is 17.3. The number of halogens is 1. The van der Waals surface area contributed by atoms with Crippen LogP contribution in [0.2, 0.25) is 0 Å². The molecule has 1 aliphatic heterocycles. The standard InChI is InChI=1S/C16H32N4O3.HI/c1-16(2,3)23-15(21)19-9-6-8-18-14(17-4)20-10-7-13(11-20)12-22-5;/h13H,6-12H2,1-5H3,(H,17,18)(H,19,21);1H. The zero-order valence-corrected chi connectivity index (χ0v) is 17.9. The highest BCUT2D eigenvalue weighted by Crippen LogP contribution is 2.16. The number of amides is 1. The fraction of sp³-hybridized carbons (Fsp3) is 0.875. The normalized spacial score (nSPS) is 18.1. The number of carbonyl (C=O) groups is 1. The van der Waals surface area contributed by atoms with Crippen molar-refractivity contribution in [3.8, 4) is 0 Å². The molecule has 0 aromatic rings. The SMILES string of the molecule is CN=C(NCCCNC(=O)OC(C)(C)C)N1CCC(COC)C1.I. The van der Waals surface area contributed by atoms with Crippen molar-refractivity contribution in [1.29, 1.82) is 0 Å². The summed E-state index contributed by atoms with van der Waals surface area (Å²) in [5.41, 5.74) is -0.459. The van der Waals surface area contributed by atoms with E-state index >= 15 is 0 Å². The maximum atomic E-state index is 11.5. The molecule has 1 aliphatic rings. The summed E-state index contributed by atoms with van der Waals surface area (Å²) >= 11 is 0. The molecule has 1 amide bonds. The summed E-state index contributed by atoms with van der Waals surface area (Å²) in [4.78, 5) is 18.1. The molecule has 1 unspecified atom stereocenters. The Morgan fingerprint density at radius 1 is 1.29 bits per heavy atom. The van der Waals surface area contributed by atoms with Crippen LogP contribution in [0.5, 0.6) is 0 Å². The predicted octanol–water partition coefficient (Wildman–Crippen LogP) is 2.06. The lowest BCUT2D eigenvalue weighted by atomic mass is 10.1. The van der Waals surface area contributed by atoms with Gasteiger partial charge in [0, 0.05) is 46.3 Å². The van der Waals surface area contributed by atoms with Gasteiger partial charge in [-0.3, -0.25) is 4.99 Å². The van der Waals surface area contributed by atoms with E-state index < -0.39 is 5.60 Å². The number of aliphatic imine (C=N–C) groups is 1. The minimum atomic E-state index is -0.459. The number of hydrogen-bond donors (Lipinski definition) is 2. The third-order valence-corrected chi connectivity index (χ3v) is 3.50. The van der Waals surface area contributed by atoms with E-state index in [0.29, 0.717) is 12.5 Å². The molecule has 1 heterocycles. The number of carbonyl (C=O) groups excluding carboxylic acids is 1. The Labute approximate surface area is 162 Å². The fourth-order valence-corrected chi connectivity index (χ4v) is 2.52. The number of nitrogens with zero attached hydrogens (tertiary/aromatic N) is 2. The molecule has 0 aliphatic carbocycles. The molecule has 8 heteroatoms. The minimum Gasteiger partial charge on any atom is -0.444 e. The average Bonchev–Trinajstić information content (AvgIpc) is 2.89. The first-order valence-corrected chi connectivity index (χ1v) is 8.27. The Bertz CT molecular complexity index is 399. The summed E-state index contributed by atoms with van der Waals surface area (Å²) in [5.74, 6) is 1.49. The quantitative estimate of drug-likeness (QED) is 0.277. The summed E-state index contributed by atoms with van der Waals surface area (Å²) in [5, 5.41) is 6.09. The van der Waals surface area contributed by atoms with Crippen LogP contribution in [-0.2, 0) is 9.47 Å². The molecule has 7 nitrogen and oxygen atoms in total. The molecule has 0 aromatic heterocycles. The van der Waals surface area contributed by atoms with E-state index in [0.717, 1.165) is 45.0 Å². The van der Waals surface area contributed by atoms with Gasteiger partial charge in [-0.2, -0.15) is 0 Å². The minimum absolute atomic E-state index is 0. The molecule has 1 fully saturated rings. The van der Waals surface area contributed by atoms with Crippen LogP contribution in [0.3, 0.4) is 0 Å². The Morgan fingerprint density at radius 2 is 1.96 bits per heavy atom. The van der Waals surface area contributed by atoms with Crippen LogP contribution in [0.1, 0.15) is 33.6 Å². The van der Waals surface area contributed by atoms with Crippen LogP contribution in [0.25, 0.3) is 0 Å². The van der Waals surface area contributed by atoms with Gasteiger partial charge in [0.15, 0.2) is 5.96 Å². The molecule has 0 saturated carbocycles. The van der Waals surface area contributed by atoms with Crippen molar-refractivity contribution in [1.82, 2.24) is 15.5 Å². The molecule has 2 N–H and O–H groups in total. The number of hydrogen-bond acceptors (Lipinski definition) is 4. The molecule has 142 valence electrons. The summed E-state index contributed by atoms with van der Waals surface area (Å²) in [7, 11) is 3.54. The number of guanidine groups is 1. The summed E-state index contributed by atoms with van der Waals surface area (Å²) < 4.78 is 10.4. The number of likely N-dealkylation sites (tertiary alicyclic amines) is 1. The first kappa shape index (κ1) is 23.2. The highest BCUT2D eigenvalue weighted by Gasteiger charge is 2.24. The zero-order valence-electron chi connectivity index (χ0n) is 15.6. The maximum Gasteiger partial charge on any atom is 0.407 e. The molecule has 0 spiro atoms. The van der Waals surface area contributed by atoms with Crippen molar-refractivity contribution >= 4 is 36.0 Å². The second kappa shape index (κ2) is 11.7. The first-order chi connectivity index (χ1) is 10.9. The Hall–Kier alpha value is -0.770. The highest BCUT2D eigenvalue weighted by molar-refractivity contribution is 14.0. The lowest BCUT2D eigenvalue weighted by Gasteiger charge is -2.22. The average molecular weight is 456 g/mol. The summed E-state index contributed by atoms with van der Waals surface area (Å²) in [6.07, 6.45) is 1.58. The van der Waals surface area contributed by atoms with E-state index in [1.165, 1.54) is 0 Å². The molecule has 1 saturated heterocycles. The molecule has 1 rings (SSSR count). The van der Waals surface area contributed by atoms with Gasteiger partial charge in [-0.1, -0.05) is 0 Å². The van der Waals surface area contributed by atoms with Gasteiger partial charge in [0.05, 0.1) is 6.61 Å². The summed E-state index contributed by atoms with van der Waals surface area (Å²) in [6, 6.07) is 0.